The molecule has 80 valence electrons. The minimum Gasteiger partial charge on any atom is -0.481 e. The summed E-state index contributed by atoms with van der Waals surface area (Å²) in [7, 11) is 0. The maximum Gasteiger partial charge on any atom is 0.313 e. The van der Waals surface area contributed by atoms with Crippen molar-refractivity contribution in [1.29, 1.82) is 0 Å². The highest BCUT2D eigenvalue weighted by atomic mass is 32.2. The molecule has 1 unspecified atom stereocenters. The van der Waals surface area contributed by atoms with Gasteiger partial charge in [0.25, 0.3) is 0 Å². The van der Waals surface area contributed by atoms with E-state index >= 15 is 0 Å². The van der Waals surface area contributed by atoms with Gasteiger partial charge in [0.1, 0.15) is 5.41 Å². The fourth-order valence-corrected chi connectivity index (χ4v) is 4.26. The van der Waals surface area contributed by atoms with E-state index in [0.717, 1.165) is 18.6 Å². The highest BCUT2D eigenvalue weighted by molar-refractivity contribution is 7.99. The van der Waals surface area contributed by atoms with E-state index in [9.17, 15) is 15.0 Å². The maximum absolute atomic E-state index is 11.3. The number of aliphatic hydroxyl groups is 1. The lowest BCUT2D eigenvalue weighted by Gasteiger charge is -2.38. The number of thioether (sulfide) groups is 1. The molecule has 1 atom stereocenters. The molecule has 2 N–H and O–H groups in total. The Morgan fingerprint density at radius 3 is 2.29 bits per heavy atom. The third kappa shape index (κ3) is 1.27. The van der Waals surface area contributed by atoms with Gasteiger partial charge < -0.3 is 10.2 Å². The quantitative estimate of drug-likeness (QED) is 0.734. The van der Waals surface area contributed by atoms with Gasteiger partial charge in [0.15, 0.2) is 0 Å². The van der Waals surface area contributed by atoms with Crippen LogP contribution < -0.4 is 0 Å². The molecule has 2 aliphatic rings. The Bertz CT molecular complexity index is 240. The molecule has 1 saturated heterocycles. The van der Waals surface area contributed by atoms with Crippen LogP contribution in [-0.2, 0) is 4.79 Å². The summed E-state index contributed by atoms with van der Waals surface area (Å²) in [6.07, 6.45) is 3.90. The molecule has 0 aromatic heterocycles. The Labute approximate surface area is 87.9 Å². The number of hydrogen-bond acceptors (Lipinski definition) is 3. The number of rotatable bonds is 2. The van der Waals surface area contributed by atoms with E-state index < -0.39 is 17.0 Å². The van der Waals surface area contributed by atoms with Crippen molar-refractivity contribution in [3.8, 4) is 0 Å². The van der Waals surface area contributed by atoms with E-state index in [1.165, 1.54) is 0 Å². The minimum absolute atomic E-state index is 0.582. The topological polar surface area (TPSA) is 57.5 Å². The van der Waals surface area contributed by atoms with Gasteiger partial charge in [0.2, 0.25) is 0 Å². The van der Waals surface area contributed by atoms with Crippen molar-refractivity contribution in [2.24, 2.45) is 5.41 Å². The largest absolute Gasteiger partial charge is 0.481 e. The second-order valence-corrected chi connectivity index (χ2v) is 5.53. The molecule has 3 nitrogen and oxygen atoms in total. The first-order chi connectivity index (χ1) is 6.61. The summed E-state index contributed by atoms with van der Waals surface area (Å²) in [4.78, 5) is 11.3. The number of hydrogen-bond donors (Lipinski definition) is 2. The van der Waals surface area contributed by atoms with Crippen LogP contribution in [0.4, 0.5) is 0 Å². The second-order valence-electron chi connectivity index (χ2n) is 4.43. The first kappa shape index (κ1) is 10.3. The van der Waals surface area contributed by atoms with Crippen LogP contribution in [0.2, 0.25) is 0 Å². The molecular formula is C10H16O3S. The van der Waals surface area contributed by atoms with E-state index in [1.54, 1.807) is 11.8 Å². The van der Waals surface area contributed by atoms with Crippen molar-refractivity contribution in [3.05, 3.63) is 0 Å². The summed E-state index contributed by atoms with van der Waals surface area (Å²) in [6, 6.07) is 0. The van der Waals surface area contributed by atoms with Gasteiger partial charge >= 0.3 is 5.97 Å². The summed E-state index contributed by atoms with van der Waals surface area (Å²) in [5.41, 5.74) is -1.78. The Hall–Kier alpha value is -0.220. The number of carboxylic acids is 1. The molecule has 1 aliphatic carbocycles. The Kier molecular flexibility index (Phi) is 2.52. The van der Waals surface area contributed by atoms with Gasteiger partial charge in [-0.2, -0.15) is 11.8 Å². The van der Waals surface area contributed by atoms with Crippen LogP contribution in [0.5, 0.6) is 0 Å². The van der Waals surface area contributed by atoms with Crippen LogP contribution in [0.1, 0.15) is 32.1 Å². The highest BCUT2D eigenvalue weighted by Crippen LogP contribution is 2.51. The molecule has 1 heterocycles. The zero-order valence-electron chi connectivity index (χ0n) is 8.16. The van der Waals surface area contributed by atoms with Crippen LogP contribution in [0.25, 0.3) is 0 Å². The van der Waals surface area contributed by atoms with Gasteiger partial charge in [-0.15, -0.1) is 0 Å². The number of aliphatic carboxylic acids is 1. The van der Waals surface area contributed by atoms with Crippen molar-refractivity contribution < 1.29 is 15.0 Å². The molecule has 2 rings (SSSR count). The summed E-state index contributed by atoms with van der Waals surface area (Å²) in [6.45, 7) is 0. The second kappa shape index (κ2) is 3.42. The molecule has 4 heteroatoms. The lowest BCUT2D eigenvalue weighted by atomic mass is 9.70. The smallest absolute Gasteiger partial charge is 0.313 e. The Morgan fingerprint density at radius 1 is 1.21 bits per heavy atom. The first-order valence-electron chi connectivity index (χ1n) is 5.14. The maximum atomic E-state index is 11.3. The van der Waals surface area contributed by atoms with E-state index in [-0.39, 0.29) is 0 Å². The van der Waals surface area contributed by atoms with Gasteiger partial charge in [-0.05, 0) is 25.0 Å². The average molecular weight is 216 g/mol. The van der Waals surface area contributed by atoms with Crippen LogP contribution in [-0.4, -0.2) is 33.3 Å². The van der Waals surface area contributed by atoms with E-state index in [4.69, 9.17) is 0 Å². The molecule has 0 aromatic carbocycles. The van der Waals surface area contributed by atoms with Gasteiger partial charge in [-0.3, -0.25) is 4.79 Å². The number of carboxylic acid groups (broad SMARTS) is 1. The number of carbonyl (C=O) groups is 1. The summed E-state index contributed by atoms with van der Waals surface area (Å²) in [5.74, 6) is 0.653. The Morgan fingerprint density at radius 2 is 1.86 bits per heavy atom. The molecule has 2 fully saturated rings. The molecule has 0 amide bonds. The average Bonchev–Trinajstić information content (AvgIpc) is 2.72. The van der Waals surface area contributed by atoms with Crippen molar-refractivity contribution in [2.75, 3.05) is 11.5 Å². The molecule has 0 radical (unpaired) electrons. The van der Waals surface area contributed by atoms with E-state index in [0.29, 0.717) is 25.0 Å². The monoisotopic (exact) mass is 216 g/mol. The van der Waals surface area contributed by atoms with Crippen molar-refractivity contribution in [2.45, 2.75) is 37.7 Å². The van der Waals surface area contributed by atoms with Crippen molar-refractivity contribution in [3.63, 3.8) is 0 Å². The van der Waals surface area contributed by atoms with E-state index in [1.807, 2.05) is 0 Å². The molecule has 14 heavy (non-hydrogen) atoms. The Balaban J connectivity index is 2.30. The third-order valence-electron chi connectivity index (χ3n) is 3.75. The SMILES string of the molecule is O=C(O)C1(C2(O)CCCC2)CCSC1. The molecule has 0 spiro atoms. The standard InChI is InChI=1S/C10H16O3S/c11-8(12)9(5-6-14-7-9)10(13)3-1-2-4-10/h13H,1-7H2,(H,11,12). The van der Waals surface area contributed by atoms with E-state index in [2.05, 4.69) is 0 Å². The van der Waals surface area contributed by atoms with Gasteiger partial charge in [-0.1, -0.05) is 12.8 Å². The zero-order chi connectivity index (χ0) is 10.2. The van der Waals surface area contributed by atoms with Crippen LogP contribution in [0.3, 0.4) is 0 Å². The fraction of sp³-hybridized carbons (Fsp3) is 0.900. The summed E-state index contributed by atoms with van der Waals surface area (Å²) >= 11 is 1.65. The summed E-state index contributed by atoms with van der Waals surface area (Å²) < 4.78 is 0. The van der Waals surface area contributed by atoms with Gasteiger partial charge in [0, 0.05) is 5.75 Å². The van der Waals surface area contributed by atoms with Gasteiger partial charge in [-0.25, -0.2) is 0 Å². The highest BCUT2D eigenvalue weighted by Gasteiger charge is 2.58. The van der Waals surface area contributed by atoms with Crippen molar-refractivity contribution >= 4 is 17.7 Å². The van der Waals surface area contributed by atoms with Gasteiger partial charge in [0.05, 0.1) is 5.60 Å². The molecular weight excluding hydrogens is 200 g/mol. The molecule has 0 aromatic rings. The third-order valence-corrected chi connectivity index (χ3v) is 4.94. The molecule has 1 aliphatic heterocycles. The lowest BCUT2D eigenvalue weighted by molar-refractivity contribution is -0.165. The zero-order valence-corrected chi connectivity index (χ0v) is 8.98. The predicted octanol–water partition coefficient (Wildman–Crippen LogP) is 1.50. The summed E-state index contributed by atoms with van der Waals surface area (Å²) in [5, 5.41) is 19.7. The van der Waals surface area contributed by atoms with Crippen LogP contribution in [0.15, 0.2) is 0 Å². The predicted molar refractivity (Wildman–Crippen MR) is 55.4 cm³/mol. The van der Waals surface area contributed by atoms with Crippen LogP contribution in [0, 0.1) is 5.41 Å². The minimum atomic E-state index is -0.928. The first-order valence-corrected chi connectivity index (χ1v) is 6.30. The lowest BCUT2D eigenvalue weighted by Crippen LogP contribution is -2.52. The fourth-order valence-electron chi connectivity index (χ4n) is 2.74. The molecule has 0 bridgehead atoms. The normalized spacial score (nSPS) is 36.1. The van der Waals surface area contributed by atoms with Crippen LogP contribution >= 0.6 is 11.8 Å². The van der Waals surface area contributed by atoms with Crippen molar-refractivity contribution in [1.82, 2.24) is 0 Å². The molecule has 1 saturated carbocycles.